The minimum atomic E-state index is 0.638. The number of aromatic amines is 1. The van der Waals surface area contributed by atoms with Crippen molar-refractivity contribution >= 4 is 23.1 Å². The largest absolute Gasteiger partial charge is 0.379 e. The molecular weight excluding hydrogens is 422 g/mol. The van der Waals surface area contributed by atoms with Crippen molar-refractivity contribution < 1.29 is 4.74 Å². The van der Waals surface area contributed by atoms with Crippen LogP contribution >= 0.6 is 11.6 Å². The fourth-order valence-corrected chi connectivity index (χ4v) is 4.03. The molecule has 0 bridgehead atoms. The van der Waals surface area contributed by atoms with E-state index in [2.05, 4.69) is 31.2 Å². The molecule has 2 aromatic heterocycles. The predicted octanol–water partition coefficient (Wildman–Crippen LogP) is 5.37. The van der Waals surface area contributed by atoms with Gasteiger partial charge in [-0.15, -0.1) is 0 Å². The van der Waals surface area contributed by atoms with E-state index in [1.54, 1.807) is 6.20 Å². The summed E-state index contributed by atoms with van der Waals surface area (Å²) in [5.41, 5.74) is 4.93. The van der Waals surface area contributed by atoms with Crippen molar-refractivity contribution in [1.29, 1.82) is 0 Å². The number of aromatic nitrogens is 3. The van der Waals surface area contributed by atoms with Gasteiger partial charge in [-0.1, -0.05) is 48.0 Å². The first-order valence-electron chi connectivity index (χ1n) is 10.7. The second kappa shape index (κ2) is 9.53. The number of hydrogen-bond acceptors (Lipinski definition) is 5. The zero-order valence-corrected chi connectivity index (χ0v) is 18.3. The van der Waals surface area contributed by atoms with Gasteiger partial charge in [0.1, 0.15) is 11.6 Å². The van der Waals surface area contributed by atoms with Gasteiger partial charge in [0.25, 0.3) is 0 Å². The number of benzene rings is 2. The molecule has 1 fully saturated rings. The molecule has 32 heavy (non-hydrogen) atoms. The predicted molar refractivity (Wildman–Crippen MR) is 128 cm³/mol. The van der Waals surface area contributed by atoms with Crippen molar-refractivity contribution in [2.45, 2.75) is 6.54 Å². The Kier molecular flexibility index (Phi) is 6.16. The molecular formula is C25H24ClN5O. The second-order valence-corrected chi connectivity index (χ2v) is 8.14. The van der Waals surface area contributed by atoms with Crippen LogP contribution in [-0.2, 0) is 11.3 Å². The third kappa shape index (κ3) is 4.67. The molecule has 162 valence electrons. The molecule has 0 aliphatic carbocycles. The van der Waals surface area contributed by atoms with Crippen LogP contribution in [0.15, 0.2) is 73.1 Å². The molecule has 0 atom stereocenters. The SMILES string of the molecule is Clc1ccc(Nc2ncccc2CN2CCOCC2)cc1-c1ncc(-c2ccccc2)[nH]1. The molecule has 2 N–H and O–H groups in total. The summed E-state index contributed by atoms with van der Waals surface area (Å²) in [5, 5.41) is 4.11. The van der Waals surface area contributed by atoms with E-state index >= 15 is 0 Å². The molecule has 0 saturated carbocycles. The lowest BCUT2D eigenvalue weighted by Gasteiger charge is -2.27. The second-order valence-electron chi connectivity index (χ2n) is 7.73. The minimum Gasteiger partial charge on any atom is -0.379 e. The van der Waals surface area contributed by atoms with Crippen LogP contribution in [0, 0.1) is 0 Å². The first-order chi connectivity index (χ1) is 15.8. The van der Waals surface area contributed by atoms with Crippen molar-refractivity contribution in [3.05, 3.63) is 83.6 Å². The van der Waals surface area contributed by atoms with E-state index in [9.17, 15) is 0 Å². The van der Waals surface area contributed by atoms with Crippen LogP contribution in [0.1, 0.15) is 5.56 Å². The Labute approximate surface area is 192 Å². The van der Waals surface area contributed by atoms with Gasteiger partial charge in [0.05, 0.1) is 30.1 Å². The summed E-state index contributed by atoms with van der Waals surface area (Å²) in [7, 11) is 0. The fraction of sp³-hybridized carbons (Fsp3) is 0.200. The third-order valence-electron chi connectivity index (χ3n) is 5.53. The fourth-order valence-electron chi connectivity index (χ4n) is 3.82. The third-order valence-corrected chi connectivity index (χ3v) is 5.86. The lowest BCUT2D eigenvalue weighted by Crippen LogP contribution is -2.35. The van der Waals surface area contributed by atoms with Crippen LogP contribution in [-0.4, -0.2) is 46.2 Å². The number of hydrogen-bond donors (Lipinski definition) is 2. The minimum absolute atomic E-state index is 0.638. The number of pyridine rings is 1. The number of morpholine rings is 1. The van der Waals surface area contributed by atoms with Gasteiger partial charge >= 0.3 is 0 Å². The Balaban J connectivity index is 1.39. The highest BCUT2D eigenvalue weighted by atomic mass is 35.5. The van der Waals surface area contributed by atoms with Gasteiger partial charge in [0.2, 0.25) is 0 Å². The van der Waals surface area contributed by atoms with Crippen molar-refractivity contribution in [2.75, 3.05) is 31.6 Å². The molecule has 7 heteroatoms. The van der Waals surface area contributed by atoms with Crippen LogP contribution in [0.3, 0.4) is 0 Å². The van der Waals surface area contributed by atoms with Crippen LogP contribution in [0.25, 0.3) is 22.6 Å². The first-order valence-corrected chi connectivity index (χ1v) is 11.1. The molecule has 3 heterocycles. The number of nitrogens with one attached hydrogen (secondary N) is 2. The Hall–Kier alpha value is -3.19. The van der Waals surface area contributed by atoms with Gasteiger partial charge < -0.3 is 15.0 Å². The molecule has 0 radical (unpaired) electrons. The summed E-state index contributed by atoms with van der Waals surface area (Å²) in [6, 6.07) is 20.0. The van der Waals surface area contributed by atoms with Gasteiger partial charge in [0.15, 0.2) is 0 Å². The van der Waals surface area contributed by atoms with E-state index in [4.69, 9.17) is 16.3 Å². The van der Waals surface area contributed by atoms with Crippen LogP contribution in [0.4, 0.5) is 11.5 Å². The van der Waals surface area contributed by atoms with E-state index in [1.165, 1.54) is 0 Å². The first kappa shape index (κ1) is 20.7. The summed E-state index contributed by atoms with van der Waals surface area (Å²) >= 11 is 6.53. The zero-order chi connectivity index (χ0) is 21.8. The lowest BCUT2D eigenvalue weighted by atomic mass is 10.1. The Bertz CT molecular complexity index is 1190. The number of rotatable bonds is 6. The van der Waals surface area contributed by atoms with E-state index in [1.807, 2.05) is 60.8 Å². The summed E-state index contributed by atoms with van der Waals surface area (Å²) in [5.74, 6) is 1.57. The van der Waals surface area contributed by atoms with E-state index in [0.717, 1.165) is 72.6 Å². The maximum Gasteiger partial charge on any atom is 0.139 e. The molecule has 1 aliphatic rings. The molecule has 1 saturated heterocycles. The maximum absolute atomic E-state index is 6.53. The number of anilines is 2. The molecule has 1 aliphatic heterocycles. The highest BCUT2D eigenvalue weighted by Gasteiger charge is 2.15. The average Bonchev–Trinajstić information content (AvgIpc) is 3.33. The summed E-state index contributed by atoms with van der Waals surface area (Å²) in [6.45, 7) is 4.25. The number of ether oxygens (including phenoxy) is 1. The topological polar surface area (TPSA) is 66.1 Å². The standard InChI is InChI=1S/C25H24ClN5O/c26-22-9-8-20(15-21(22)25-28-16-23(30-25)18-5-2-1-3-6-18)29-24-19(7-4-10-27-24)17-31-11-13-32-14-12-31/h1-10,15-16H,11-14,17H2,(H,27,29)(H,28,30). The van der Waals surface area contributed by atoms with Gasteiger partial charge in [-0.25, -0.2) is 9.97 Å². The number of H-pyrrole nitrogens is 1. The van der Waals surface area contributed by atoms with Crippen LogP contribution < -0.4 is 5.32 Å². The number of halogens is 1. The van der Waals surface area contributed by atoms with Gasteiger partial charge in [-0.2, -0.15) is 0 Å². The molecule has 0 spiro atoms. The van der Waals surface area contributed by atoms with Crippen molar-refractivity contribution in [2.24, 2.45) is 0 Å². The number of nitrogens with zero attached hydrogens (tertiary/aromatic N) is 3. The quantitative estimate of drug-likeness (QED) is 0.417. The van der Waals surface area contributed by atoms with E-state index in [-0.39, 0.29) is 0 Å². The molecule has 2 aromatic carbocycles. The zero-order valence-electron chi connectivity index (χ0n) is 17.6. The molecule has 5 rings (SSSR count). The molecule has 6 nitrogen and oxygen atoms in total. The lowest BCUT2D eigenvalue weighted by molar-refractivity contribution is 0.0342. The monoisotopic (exact) mass is 445 g/mol. The Morgan fingerprint density at radius 2 is 1.84 bits per heavy atom. The van der Waals surface area contributed by atoms with Gasteiger partial charge in [-0.3, -0.25) is 4.90 Å². The number of imidazole rings is 1. The smallest absolute Gasteiger partial charge is 0.139 e. The maximum atomic E-state index is 6.53. The Morgan fingerprint density at radius 1 is 1.00 bits per heavy atom. The molecule has 4 aromatic rings. The van der Waals surface area contributed by atoms with Gasteiger partial charge in [-0.05, 0) is 29.8 Å². The summed E-state index contributed by atoms with van der Waals surface area (Å²) in [6.07, 6.45) is 3.64. The van der Waals surface area contributed by atoms with Crippen LogP contribution in [0.2, 0.25) is 5.02 Å². The van der Waals surface area contributed by atoms with Crippen molar-refractivity contribution in [3.8, 4) is 22.6 Å². The normalized spacial score (nSPS) is 14.4. The van der Waals surface area contributed by atoms with E-state index < -0.39 is 0 Å². The van der Waals surface area contributed by atoms with Gasteiger partial charge in [0, 0.05) is 42.6 Å². The van der Waals surface area contributed by atoms with Crippen molar-refractivity contribution in [1.82, 2.24) is 19.9 Å². The van der Waals surface area contributed by atoms with Crippen molar-refractivity contribution in [3.63, 3.8) is 0 Å². The van der Waals surface area contributed by atoms with E-state index in [0.29, 0.717) is 5.02 Å². The molecule has 0 amide bonds. The summed E-state index contributed by atoms with van der Waals surface area (Å²) < 4.78 is 5.47. The summed E-state index contributed by atoms with van der Waals surface area (Å²) in [4.78, 5) is 14.9. The molecule has 0 unspecified atom stereocenters. The average molecular weight is 446 g/mol. The highest BCUT2D eigenvalue weighted by Crippen LogP contribution is 2.31. The highest BCUT2D eigenvalue weighted by molar-refractivity contribution is 6.33. The Morgan fingerprint density at radius 3 is 2.69 bits per heavy atom. The van der Waals surface area contributed by atoms with Crippen LogP contribution in [0.5, 0.6) is 0 Å².